The fourth-order valence-electron chi connectivity index (χ4n) is 3.28. The van der Waals surface area contributed by atoms with E-state index in [4.69, 9.17) is 14.2 Å². The molecule has 0 aliphatic carbocycles. The second-order valence-electron chi connectivity index (χ2n) is 7.20. The minimum atomic E-state index is -0.286. The van der Waals surface area contributed by atoms with Crippen LogP contribution in [0.4, 0.5) is 5.88 Å². The van der Waals surface area contributed by atoms with Gasteiger partial charge in [-0.1, -0.05) is 58.9 Å². The molecule has 2 aromatic carbocycles. The summed E-state index contributed by atoms with van der Waals surface area (Å²) in [7, 11) is 1.61. The molecule has 4 rings (SSSR count). The lowest BCUT2D eigenvalue weighted by atomic mass is 9.99. The van der Waals surface area contributed by atoms with Crippen molar-refractivity contribution in [2.45, 2.75) is 18.5 Å². The zero-order valence-electron chi connectivity index (χ0n) is 18.7. The fourth-order valence-corrected chi connectivity index (χ4v) is 4.08. The smallest absolute Gasteiger partial charge is 0.302 e. The fraction of sp³-hybridized carbons (Fsp3) is 0.160. The van der Waals surface area contributed by atoms with Crippen LogP contribution in [-0.4, -0.2) is 29.0 Å². The number of carbonyl (C=O) groups is 1. The van der Waals surface area contributed by atoms with E-state index < -0.39 is 0 Å². The van der Waals surface area contributed by atoms with E-state index in [9.17, 15) is 10.1 Å². The maximum absolute atomic E-state index is 12.5. The number of nitriles is 1. The van der Waals surface area contributed by atoms with E-state index in [1.54, 1.807) is 18.0 Å². The number of anilines is 1. The van der Waals surface area contributed by atoms with Crippen molar-refractivity contribution in [3.8, 4) is 34.2 Å². The SMILES string of the molecule is CC[n+]1cc(NC(=O)CSc2nc(-c3ccccc3)cc(-c3ccc(OC)cc3)c2C#N)on1. The monoisotopic (exact) mass is 472 g/mol. The Labute approximate surface area is 201 Å². The molecule has 34 heavy (non-hydrogen) atoms. The molecular formula is C25H22N5O3S+. The minimum absolute atomic E-state index is 0.0504. The summed E-state index contributed by atoms with van der Waals surface area (Å²) in [6.07, 6.45) is 1.61. The molecule has 0 fully saturated rings. The van der Waals surface area contributed by atoms with Gasteiger partial charge in [0.25, 0.3) is 6.20 Å². The van der Waals surface area contributed by atoms with Gasteiger partial charge in [0.2, 0.25) is 11.2 Å². The molecular weight excluding hydrogens is 450 g/mol. The highest BCUT2D eigenvalue weighted by molar-refractivity contribution is 8.00. The van der Waals surface area contributed by atoms with E-state index in [1.165, 1.54) is 11.8 Å². The lowest BCUT2D eigenvalue weighted by Gasteiger charge is -2.13. The summed E-state index contributed by atoms with van der Waals surface area (Å²) in [6, 6.07) is 21.4. The van der Waals surface area contributed by atoms with Gasteiger partial charge in [-0.25, -0.2) is 4.98 Å². The summed E-state index contributed by atoms with van der Waals surface area (Å²) < 4.78 is 11.9. The number of aryl methyl sites for hydroxylation is 1. The van der Waals surface area contributed by atoms with Crippen LogP contribution in [-0.2, 0) is 11.3 Å². The van der Waals surface area contributed by atoms with Crippen molar-refractivity contribution in [3.63, 3.8) is 0 Å². The quantitative estimate of drug-likeness (QED) is 0.301. The lowest BCUT2D eigenvalue weighted by molar-refractivity contribution is -0.759. The molecule has 0 unspecified atom stereocenters. The molecule has 170 valence electrons. The van der Waals surface area contributed by atoms with Crippen molar-refractivity contribution in [1.82, 2.24) is 10.3 Å². The molecule has 1 amide bonds. The molecule has 4 aromatic rings. The van der Waals surface area contributed by atoms with Crippen LogP contribution in [0, 0.1) is 11.3 Å². The summed E-state index contributed by atoms with van der Waals surface area (Å²) in [5.41, 5.74) is 3.63. The molecule has 1 N–H and O–H groups in total. The zero-order chi connectivity index (χ0) is 23.9. The zero-order valence-corrected chi connectivity index (χ0v) is 19.5. The van der Waals surface area contributed by atoms with Crippen LogP contribution in [0.15, 0.2) is 76.4 Å². The number of nitrogens with zero attached hydrogens (tertiary/aromatic N) is 4. The summed E-state index contributed by atoms with van der Waals surface area (Å²) in [4.78, 5) is 17.2. The Morgan fingerprint density at radius 2 is 1.94 bits per heavy atom. The number of ether oxygens (including phenoxy) is 1. The molecule has 2 heterocycles. The van der Waals surface area contributed by atoms with E-state index in [2.05, 4.69) is 16.7 Å². The molecule has 0 spiro atoms. The number of thioether (sulfide) groups is 1. The standard InChI is InChI=1S/C25H21N5O3S/c1-3-30-15-24(33-29-30)28-23(31)16-34-25-21(14-26)20(17-9-11-19(32-2)12-10-17)13-22(27-25)18-7-5-4-6-8-18/h4-13,15H,3,16H2,1-2H3/p+1. The third kappa shape index (κ3) is 5.24. The molecule has 0 aliphatic rings. The summed E-state index contributed by atoms with van der Waals surface area (Å²) in [5.74, 6) is 0.751. The van der Waals surface area contributed by atoms with Crippen LogP contribution in [0.2, 0.25) is 0 Å². The van der Waals surface area contributed by atoms with E-state index in [-0.39, 0.29) is 17.5 Å². The van der Waals surface area contributed by atoms with E-state index in [0.717, 1.165) is 22.4 Å². The number of hydrogen-bond acceptors (Lipinski definition) is 7. The highest BCUT2D eigenvalue weighted by atomic mass is 32.2. The van der Waals surface area contributed by atoms with Crippen LogP contribution < -0.4 is 14.7 Å². The molecule has 0 bridgehead atoms. The van der Waals surface area contributed by atoms with Crippen LogP contribution in [0.5, 0.6) is 5.75 Å². The van der Waals surface area contributed by atoms with E-state index in [1.807, 2.05) is 67.6 Å². The number of aromatic nitrogens is 3. The predicted octanol–water partition coefficient (Wildman–Crippen LogP) is 4.32. The predicted molar refractivity (Wildman–Crippen MR) is 128 cm³/mol. The number of amides is 1. The van der Waals surface area contributed by atoms with Gasteiger partial charge in [-0.2, -0.15) is 5.26 Å². The van der Waals surface area contributed by atoms with Gasteiger partial charge in [-0.15, -0.1) is 0 Å². The molecule has 2 aromatic heterocycles. The highest BCUT2D eigenvalue weighted by Gasteiger charge is 2.18. The minimum Gasteiger partial charge on any atom is -0.497 e. The van der Waals surface area contributed by atoms with Crippen LogP contribution >= 0.6 is 11.8 Å². The van der Waals surface area contributed by atoms with Gasteiger partial charge in [0.15, 0.2) is 6.54 Å². The number of hydrogen-bond donors (Lipinski definition) is 1. The van der Waals surface area contributed by atoms with Gasteiger partial charge >= 0.3 is 5.88 Å². The summed E-state index contributed by atoms with van der Waals surface area (Å²) >= 11 is 1.20. The largest absolute Gasteiger partial charge is 0.497 e. The van der Waals surface area contributed by atoms with E-state index in [0.29, 0.717) is 22.8 Å². The van der Waals surface area contributed by atoms with Gasteiger partial charge in [0, 0.05) is 11.1 Å². The number of benzene rings is 2. The van der Waals surface area contributed by atoms with Crippen LogP contribution in [0.25, 0.3) is 22.4 Å². The topological polar surface area (TPSA) is 105 Å². The maximum Gasteiger partial charge on any atom is 0.302 e. The van der Waals surface area contributed by atoms with Gasteiger partial charge in [0.1, 0.15) is 16.8 Å². The van der Waals surface area contributed by atoms with Gasteiger partial charge in [-0.05, 0) is 30.7 Å². The van der Waals surface area contributed by atoms with Crippen LogP contribution in [0.1, 0.15) is 12.5 Å². The van der Waals surface area contributed by atoms with Gasteiger partial charge < -0.3 is 4.74 Å². The number of pyridine rings is 1. The first-order valence-electron chi connectivity index (χ1n) is 10.5. The maximum atomic E-state index is 12.5. The Hall–Kier alpha value is -4.16. The molecule has 0 aliphatic heterocycles. The highest BCUT2D eigenvalue weighted by Crippen LogP contribution is 2.34. The number of nitrogens with one attached hydrogen (secondary N) is 1. The first kappa shape index (κ1) is 23.0. The van der Waals surface area contributed by atoms with Crippen molar-refractivity contribution in [3.05, 3.63) is 72.4 Å². The molecule has 0 atom stereocenters. The summed E-state index contributed by atoms with van der Waals surface area (Å²) in [5, 5.41) is 16.9. The first-order chi connectivity index (χ1) is 16.6. The van der Waals surface area contributed by atoms with Crippen molar-refractivity contribution < 1.29 is 18.7 Å². The average molecular weight is 473 g/mol. The first-order valence-corrected chi connectivity index (χ1v) is 11.5. The molecule has 0 saturated carbocycles. The Kier molecular flexibility index (Phi) is 7.20. The van der Waals surface area contributed by atoms with Crippen molar-refractivity contribution in [2.75, 3.05) is 18.2 Å². The third-order valence-electron chi connectivity index (χ3n) is 5.01. The van der Waals surface area contributed by atoms with E-state index >= 15 is 0 Å². The van der Waals surface area contributed by atoms with Gasteiger partial charge in [-0.3, -0.25) is 14.6 Å². The molecule has 8 nitrogen and oxygen atoms in total. The number of carbonyl (C=O) groups excluding carboxylic acids is 1. The molecule has 9 heteroatoms. The normalized spacial score (nSPS) is 10.5. The molecule has 0 radical (unpaired) electrons. The Morgan fingerprint density at radius 1 is 1.18 bits per heavy atom. The van der Waals surface area contributed by atoms with Crippen LogP contribution in [0.3, 0.4) is 0 Å². The Morgan fingerprint density at radius 3 is 2.59 bits per heavy atom. The second-order valence-corrected chi connectivity index (χ2v) is 8.16. The number of methoxy groups -OCH3 is 1. The summed E-state index contributed by atoms with van der Waals surface area (Å²) in [6.45, 7) is 2.54. The second kappa shape index (κ2) is 10.6. The average Bonchev–Trinajstić information content (AvgIpc) is 3.35. The van der Waals surface area contributed by atoms with Crippen molar-refractivity contribution in [1.29, 1.82) is 5.26 Å². The van der Waals surface area contributed by atoms with Crippen molar-refractivity contribution >= 4 is 23.6 Å². The Balaban J connectivity index is 1.67. The number of rotatable bonds is 8. The third-order valence-corrected chi connectivity index (χ3v) is 5.98. The van der Waals surface area contributed by atoms with Gasteiger partial charge in [0.05, 0.1) is 24.1 Å². The van der Waals surface area contributed by atoms with Crippen molar-refractivity contribution in [2.24, 2.45) is 0 Å². The lowest BCUT2D eigenvalue weighted by Crippen LogP contribution is -2.32. The Bertz CT molecular complexity index is 1330. The molecule has 0 saturated heterocycles.